The first-order chi connectivity index (χ1) is 6.81. The SMILES string of the molecule is COC1Cc2ccccc2C(O)OO1. The summed E-state index contributed by atoms with van der Waals surface area (Å²) in [4.78, 5) is 9.64. The minimum Gasteiger partial charge on any atom is -0.362 e. The Kier molecular flexibility index (Phi) is 2.79. The highest BCUT2D eigenvalue weighted by Gasteiger charge is 2.23. The van der Waals surface area contributed by atoms with E-state index in [1.807, 2.05) is 18.2 Å². The van der Waals surface area contributed by atoms with Crippen LogP contribution in [0.2, 0.25) is 0 Å². The fraction of sp³-hybridized carbons (Fsp3) is 0.400. The second kappa shape index (κ2) is 4.06. The van der Waals surface area contributed by atoms with Gasteiger partial charge < -0.3 is 9.84 Å². The Balaban J connectivity index is 2.31. The molecular formula is C10H12O4. The van der Waals surface area contributed by atoms with Gasteiger partial charge in [-0.15, -0.1) is 0 Å². The average Bonchev–Trinajstić information content (AvgIpc) is 2.39. The summed E-state index contributed by atoms with van der Waals surface area (Å²) in [5.41, 5.74) is 1.71. The van der Waals surface area contributed by atoms with Crippen LogP contribution in [-0.4, -0.2) is 18.5 Å². The first-order valence-corrected chi connectivity index (χ1v) is 4.42. The lowest BCUT2D eigenvalue weighted by atomic mass is 10.0. The molecule has 1 aliphatic rings. The van der Waals surface area contributed by atoms with Gasteiger partial charge in [0.15, 0.2) is 6.29 Å². The van der Waals surface area contributed by atoms with Gasteiger partial charge in [-0.3, -0.25) is 0 Å². The van der Waals surface area contributed by atoms with Gasteiger partial charge in [0.25, 0.3) is 0 Å². The molecule has 2 rings (SSSR count). The Morgan fingerprint density at radius 2 is 2.14 bits per heavy atom. The van der Waals surface area contributed by atoms with E-state index in [1.165, 1.54) is 7.11 Å². The largest absolute Gasteiger partial charge is 0.362 e. The van der Waals surface area contributed by atoms with Crippen molar-refractivity contribution >= 4 is 0 Å². The average molecular weight is 196 g/mol. The molecule has 76 valence electrons. The summed E-state index contributed by atoms with van der Waals surface area (Å²) in [5, 5.41) is 9.55. The van der Waals surface area contributed by atoms with Crippen LogP contribution < -0.4 is 0 Å². The van der Waals surface area contributed by atoms with Gasteiger partial charge in [0.05, 0.1) is 0 Å². The minimum absolute atomic E-state index is 0.465. The molecule has 1 N–H and O–H groups in total. The van der Waals surface area contributed by atoms with Gasteiger partial charge >= 0.3 is 0 Å². The third-order valence-electron chi connectivity index (χ3n) is 2.22. The smallest absolute Gasteiger partial charge is 0.215 e. The molecule has 4 heteroatoms. The lowest BCUT2D eigenvalue weighted by Crippen LogP contribution is -2.16. The Bertz CT molecular complexity index is 313. The molecule has 1 aromatic carbocycles. The van der Waals surface area contributed by atoms with E-state index in [2.05, 4.69) is 0 Å². The first kappa shape index (κ1) is 9.61. The number of hydrogen-bond donors (Lipinski definition) is 1. The zero-order valence-corrected chi connectivity index (χ0v) is 7.84. The number of rotatable bonds is 1. The quantitative estimate of drug-likeness (QED) is 0.684. The number of aliphatic hydroxyl groups is 1. The zero-order valence-electron chi connectivity index (χ0n) is 7.84. The Morgan fingerprint density at radius 3 is 2.93 bits per heavy atom. The van der Waals surface area contributed by atoms with Crippen LogP contribution in [0.4, 0.5) is 0 Å². The van der Waals surface area contributed by atoms with Gasteiger partial charge in [-0.25, -0.2) is 4.89 Å². The highest BCUT2D eigenvalue weighted by molar-refractivity contribution is 5.28. The molecule has 1 aromatic rings. The third-order valence-corrected chi connectivity index (χ3v) is 2.22. The predicted octanol–water partition coefficient (Wildman–Crippen LogP) is 1.15. The summed E-state index contributed by atoms with van der Waals surface area (Å²) >= 11 is 0. The van der Waals surface area contributed by atoms with Crippen molar-refractivity contribution in [3.8, 4) is 0 Å². The summed E-state index contributed by atoms with van der Waals surface area (Å²) in [6.45, 7) is 0. The molecule has 2 atom stereocenters. The number of benzene rings is 1. The van der Waals surface area contributed by atoms with Gasteiger partial charge in [-0.2, -0.15) is 4.89 Å². The van der Waals surface area contributed by atoms with Crippen LogP contribution in [0.25, 0.3) is 0 Å². The summed E-state index contributed by atoms with van der Waals surface area (Å²) in [5.74, 6) is 0. The van der Waals surface area contributed by atoms with Crippen molar-refractivity contribution in [2.45, 2.75) is 19.0 Å². The van der Waals surface area contributed by atoms with E-state index < -0.39 is 12.6 Å². The maximum absolute atomic E-state index is 9.55. The molecule has 0 aliphatic carbocycles. The van der Waals surface area contributed by atoms with E-state index in [-0.39, 0.29) is 0 Å². The van der Waals surface area contributed by atoms with E-state index in [0.29, 0.717) is 6.42 Å². The maximum Gasteiger partial charge on any atom is 0.215 e. The standard InChI is InChI=1S/C10H12O4/c1-12-9-6-7-4-2-3-5-8(7)10(11)14-13-9/h2-5,9-11H,6H2,1H3. The number of methoxy groups -OCH3 is 1. The predicted molar refractivity (Wildman–Crippen MR) is 48.1 cm³/mol. The van der Waals surface area contributed by atoms with Crippen LogP contribution in [0.1, 0.15) is 17.4 Å². The van der Waals surface area contributed by atoms with E-state index in [9.17, 15) is 5.11 Å². The monoisotopic (exact) mass is 196 g/mol. The van der Waals surface area contributed by atoms with Crippen LogP contribution >= 0.6 is 0 Å². The van der Waals surface area contributed by atoms with Gasteiger partial charge in [-0.05, 0) is 5.56 Å². The van der Waals surface area contributed by atoms with E-state index in [4.69, 9.17) is 14.5 Å². The van der Waals surface area contributed by atoms with E-state index >= 15 is 0 Å². The molecule has 0 saturated carbocycles. The summed E-state index contributed by atoms with van der Waals surface area (Å²) in [6.07, 6.45) is -0.927. The van der Waals surface area contributed by atoms with Gasteiger partial charge in [0, 0.05) is 19.1 Å². The van der Waals surface area contributed by atoms with Crippen LogP contribution in [0.5, 0.6) is 0 Å². The molecule has 1 heterocycles. The normalized spacial score (nSPS) is 26.7. The number of hydrogen-bond acceptors (Lipinski definition) is 4. The highest BCUT2D eigenvalue weighted by atomic mass is 17.2. The van der Waals surface area contributed by atoms with Gasteiger partial charge in [-0.1, -0.05) is 24.3 Å². The molecule has 2 unspecified atom stereocenters. The fourth-order valence-corrected chi connectivity index (χ4v) is 1.46. The molecule has 0 saturated heterocycles. The van der Waals surface area contributed by atoms with Crippen LogP contribution in [0.3, 0.4) is 0 Å². The number of fused-ring (bicyclic) bond motifs is 1. The van der Waals surface area contributed by atoms with Crippen molar-refractivity contribution in [3.05, 3.63) is 35.4 Å². The number of ether oxygens (including phenoxy) is 1. The lowest BCUT2D eigenvalue weighted by Gasteiger charge is -2.11. The topological polar surface area (TPSA) is 47.9 Å². The lowest BCUT2D eigenvalue weighted by molar-refractivity contribution is -0.425. The highest BCUT2D eigenvalue weighted by Crippen LogP contribution is 2.25. The van der Waals surface area contributed by atoms with Crippen molar-refractivity contribution in [2.24, 2.45) is 0 Å². The Labute approximate surface area is 81.9 Å². The Morgan fingerprint density at radius 1 is 1.36 bits per heavy atom. The summed E-state index contributed by atoms with van der Waals surface area (Å²) in [6, 6.07) is 7.48. The maximum atomic E-state index is 9.55. The van der Waals surface area contributed by atoms with Crippen LogP contribution in [0.15, 0.2) is 24.3 Å². The van der Waals surface area contributed by atoms with Crippen molar-refractivity contribution in [3.63, 3.8) is 0 Å². The summed E-state index contributed by atoms with van der Waals surface area (Å²) in [7, 11) is 1.54. The molecule has 4 nitrogen and oxygen atoms in total. The molecule has 1 aliphatic heterocycles. The summed E-state index contributed by atoms with van der Waals surface area (Å²) < 4.78 is 5.02. The Hall–Kier alpha value is -0.940. The van der Waals surface area contributed by atoms with Crippen LogP contribution in [0, 0.1) is 0 Å². The van der Waals surface area contributed by atoms with Gasteiger partial charge in [0.1, 0.15) is 0 Å². The van der Waals surface area contributed by atoms with Crippen molar-refractivity contribution < 1.29 is 19.6 Å². The van der Waals surface area contributed by atoms with Crippen LogP contribution in [-0.2, 0) is 20.9 Å². The molecule has 14 heavy (non-hydrogen) atoms. The molecular weight excluding hydrogens is 184 g/mol. The molecule has 0 bridgehead atoms. The third kappa shape index (κ3) is 1.78. The van der Waals surface area contributed by atoms with E-state index in [0.717, 1.165) is 11.1 Å². The first-order valence-electron chi connectivity index (χ1n) is 4.42. The van der Waals surface area contributed by atoms with Gasteiger partial charge in [0.2, 0.25) is 6.29 Å². The number of aliphatic hydroxyl groups excluding tert-OH is 1. The minimum atomic E-state index is -1.04. The second-order valence-corrected chi connectivity index (χ2v) is 3.11. The molecule has 0 aromatic heterocycles. The van der Waals surface area contributed by atoms with Crippen molar-refractivity contribution in [2.75, 3.05) is 7.11 Å². The molecule has 0 radical (unpaired) electrons. The zero-order chi connectivity index (χ0) is 9.97. The molecule has 0 amide bonds. The second-order valence-electron chi connectivity index (χ2n) is 3.11. The van der Waals surface area contributed by atoms with Crippen molar-refractivity contribution in [1.29, 1.82) is 0 Å². The van der Waals surface area contributed by atoms with E-state index in [1.54, 1.807) is 6.07 Å². The molecule has 0 spiro atoms. The fourth-order valence-electron chi connectivity index (χ4n) is 1.46. The molecule has 0 fully saturated rings. The van der Waals surface area contributed by atoms with Crippen molar-refractivity contribution in [1.82, 2.24) is 0 Å².